The average molecular weight is 235 g/mol. The van der Waals surface area contributed by atoms with Gasteiger partial charge in [0.25, 0.3) is 0 Å². The summed E-state index contributed by atoms with van der Waals surface area (Å²) in [6.45, 7) is 6.39. The summed E-state index contributed by atoms with van der Waals surface area (Å²) in [6.07, 6.45) is 4.05. The summed E-state index contributed by atoms with van der Waals surface area (Å²) in [5.41, 5.74) is 0. The summed E-state index contributed by atoms with van der Waals surface area (Å²) in [6, 6.07) is 0. The Labute approximate surface area is 98.0 Å². The molecular weight excluding hydrogens is 210 g/mol. The molecule has 1 atom stereocenters. The van der Waals surface area contributed by atoms with Gasteiger partial charge in [-0.2, -0.15) is 11.8 Å². The number of nitrogens with one attached hydrogen (secondary N) is 1. The van der Waals surface area contributed by atoms with E-state index in [2.05, 4.69) is 25.4 Å². The molecule has 0 saturated carbocycles. The van der Waals surface area contributed by atoms with E-state index in [1.165, 1.54) is 0 Å². The second-order valence-electron chi connectivity index (χ2n) is 3.83. The molecule has 0 saturated heterocycles. The van der Waals surface area contributed by atoms with Crippen LogP contribution < -0.4 is 5.32 Å². The highest BCUT2D eigenvalue weighted by molar-refractivity contribution is 8.00. The van der Waals surface area contributed by atoms with E-state index < -0.39 is 6.10 Å². The van der Waals surface area contributed by atoms with Crippen LogP contribution in [0.2, 0.25) is 0 Å². The van der Waals surface area contributed by atoms with Crippen LogP contribution in [0.3, 0.4) is 0 Å². The molecule has 0 aliphatic rings. The highest BCUT2D eigenvalue weighted by Crippen LogP contribution is 2.29. The van der Waals surface area contributed by atoms with Crippen molar-refractivity contribution < 1.29 is 9.84 Å². The fourth-order valence-electron chi connectivity index (χ4n) is 1.58. The molecule has 92 valence electrons. The Hall–Kier alpha value is 0.230. The van der Waals surface area contributed by atoms with Crippen molar-refractivity contribution in [2.45, 2.75) is 37.5 Å². The topological polar surface area (TPSA) is 41.5 Å². The van der Waals surface area contributed by atoms with E-state index in [1.807, 2.05) is 11.8 Å². The quantitative estimate of drug-likeness (QED) is 0.635. The van der Waals surface area contributed by atoms with Crippen molar-refractivity contribution in [3.05, 3.63) is 0 Å². The minimum atomic E-state index is -0.400. The van der Waals surface area contributed by atoms with Crippen molar-refractivity contribution in [1.29, 1.82) is 0 Å². The molecular formula is C11H25NO2S. The van der Waals surface area contributed by atoms with Gasteiger partial charge in [-0.15, -0.1) is 0 Å². The van der Waals surface area contributed by atoms with E-state index in [1.54, 1.807) is 7.11 Å². The number of thioether (sulfide) groups is 1. The van der Waals surface area contributed by atoms with Gasteiger partial charge in [0, 0.05) is 24.9 Å². The summed E-state index contributed by atoms with van der Waals surface area (Å²) in [4.78, 5) is 0. The zero-order chi connectivity index (χ0) is 11.7. The first kappa shape index (κ1) is 15.2. The van der Waals surface area contributed by atoms with Crippen molar-refractivity contribution in [3.8, 4) is 0 Å². The first-order valence-corrected chi connectivity index (χ1v) is 6.79. The molecule has 2 N–H and O–H groups in total. The smallest absolute Gasteiger partial charge is 0.0897 e. The molecule has 0 amide bonds. The summed E-state index contributed by atoms with van der Waals surface area (Å²) < 4.78 is 5.18. The fourth-order valence-corrected chi connectivity index (χ4v) is 2.40. The van der Waals surface area contributed by atoms with Gasteiger partial charge in [0.15, 0.2) is 0 Å². The lowest BCUT2D eigenvalue weighted by Crippen LogP contribution is -2.40. The molecule has 3 nitrogen and oxygen atoms in total. The zero-order valence-corrected chi connectivity index (χ0v) is 11.2. The van der Waals surface area contributed by atoms with Gasteiger partial charge in [0.1, 0.15) is 0 Å². The molecule has 4 heteroatoms. The van der Waals surface area contributed by atoms with Gasteiger partial charge < -0.3 is 15.2 Å². The zero-order valence-electron chi connectivity index (χ0n) is 10.4. The Morgan fingerprint density at radius 3 is 2.40 bits per heavy atom. The molecule has 15 heavy (non-hydrogen) atoms. The Morgan fingerprint density at radius 1 is 1.40 bits per heavy atom. The molecule has 0 aromatic heterocycles. The van der Waals surface area contributed by atoms with Crippen molar-refractivity contribution in [2.24, 2.45) is 0 Å². The van der Waals surface area contributed by atoms with Crippen LogP contribution in [0.25, 0.3) is 0 Å². The average Bonchev–Trinajstić information content (AvgIpc) is 2.25. The van der Waals surface area contributed by atoms with E-state index in [0.29, 0.717) is 17.9 Å². The van der Waals surface area contributed by atoms with Gasteiger partial charge in [-0.05, 0) is 19.1 Å². The molecule has 0 aliphatic carbocycles. The Morgan fingerprint density at radius 2 is 2.00 bits per heavy atom. The van der Waals surface area contributed by atoms with Crippen LogP contribution in [0.15, 0.2) is 0 Å². The predicted molar refractivity (Wildman–Crippen MR) is 67.6 cm³/mol. The standard InChI is InChI=1S/C11H25NO2S/c1-5-11(6-2,15-4)9-12-7-10(13)8-14-3/h10,12-13H,5-9H2,1-4H3. The maximum absolute atomic E-state index is 9.47. The maximum atomic E-state index is 9.47. The van der Waals surface area contributed by atoms with Crippen molar-refractivity contribution >= 4 is 11.8 Å². The van der Waals surface area contributed by atoms with Crippen LogP contribution in [0.1, 0.15) is 26.7 Å². The fraction of sp³-hybridized carbons (Fsp3) is 1.00. The molecule has 0 spiro atoms. The van der Waals surface area contributed by atoms with Crippen molar-refractivity contribution in [2.75, 3.05) is 33.1 Å². The molecule has 0 aromatic rings. The van der Waals surface area contributed by atoms with Gasteiger partial charge >= 0.3 is 0 Å². The third-order valence-corrected chi connectivity index (χ3v) is 4.50. The van der Waals surface area contributed by atoms with E-state index in [-0.39, 0.29) is 0 Å². The molecule has 0 aliphatic heterocycles. The van der Waals surface area contributed by atoms with Gasteiger partial charge in [0.05, 0.1) is 12.7 Å². The summed E-state index contributed by atoms with van der Waals surface area (Å²) >= 11 is 1.91. The second-order valence-corrected chi connectivity index (χ2v) is 5.11. The minimum absolute atomic E-state index is 0.312. The lowest BCUT2D eigenvalue weighted by molar-refractivity contribution is 0.0642. The minimum Gasteiger partial charge on any atom is -0.389 e. The number of aliphatic hydroxyl groups is 1. The van der Waals surface area contributed by atoms with Gasteiger partial charge in [-0.3, -0.25) is 0 Å². The number of aliphatic hydroxyl groups excluding tert-OH is 1. The number of methoxy groups -OCH3 is 1. The number of ether oxygens (including phenoxy) is 1. The number of hydrogen-bond donors (Lipinski definition) is 2. The molecule has 0 aromatic carbocycles. The molecule has 0 bridgehead atoms. The van der Waals surface area contributed by atoms with E-state index in [4.69, 9.17) is 4.74 Å². The van der Waals surface area contributed by atoms with Gasteiger partial charge in [0.2, 0.25) is 0 Å². The third kappa shape index (κ3) is 5.76. The maximum Gasteiger partial charge on any atom is 0.0897 e. The summed E-state index contributed by atoms with van der Waals surface area (Å²) in [5.74, 6) is 0. The normalized spacial score (nSPS) is 14.2. The third-order valence-electron chi connectivity index (χ3n) is 2.91. The molecule has 0 rings (SSSR count). The van der Waals surface area contributed by atoms with Crippen LogP contribution in [0, 0.1) is 0 Å². The predicted octanol–water partition coefficient (Wildman–Crippen LogP) is 1.51. The molecule has 1 unspecified atom stereocenters. The monoisotopic (exact) mass is 235 g/mol. The van der Waals surface area contributed by atoms with E-state index in [0.717, 1.165) is 19.4 Å². The van der Waals surface area contributed by atoms with Crippen LogP contribution >= 0.6 is 11.8 Å². The van der Waals surface area contributed by atoms with Crippen molar-refractivity contribution in [1.82, 2.24) is 5.32 Å². The number of hydrogen-bond acceptors (Lipinski definition) is 4. The molecule has 0 fully saturated rings. The van der Waals surface area contributed by atoms with E-state index in [9.17, 15) is 5.11 Å². The van der Waals surface area contributed by atoms with Gasteiger partial charge in [-0.1, -0.05) is 13.8 Å². The largest absolute Gasteiger partial charge is 0.389 e. The van der Waals surface area contributed by atoms with Crippen molar-refractivity contribution in [3.63, 3.8) is 0 Å². The Bertz CT molecular complexity index is 143. The summed E-state index contributed by atoms with van der Waals surface area (Å²) in [7, 11) is 1.60. The Balaban J connectivity index is 3.80. The van der Waals surface area contributed by atoms with Crippen LogP contribution in [-0.2, 0) is 4.74 Å². The first-order valence-electron chi connectivity index (χ1n) is 5.57. The molecule has 0 radical (unpaired) electrons. The number of rotatable bonds is 9. The highest BCUT2D eigenvalue weighted by Gasteiger charge is 2.24. The summed E-state index contributed by atoms with van der Waals surface area (Å²) in [5, 5.41) is 12.8. The Kier molecular flexibility index (Phi) is 8.52. The van der Waals surface area contributed by atoms with Crippen LogP contribution in [0.5, 0.6) is 0 Å². The molecule has 0 heterocycles. The SMILES string of the molecule is CCC(CC)(CNCC(O)COC)SC. The highest BCUT2D eigenvalue weighted by atomic mass is 32.2. The lowest BCUT2D eigenvalue weighted by Gasteiger charge is -2.30. The first-order chi connectivity index (χ1) is 7.14. The lowest BCUT2D eigenvalue weighted by atomic mass is 10.0. The second kappa shape index (κ2) is 8.39. The van der Waals surface area contributed by atoms with Crippen LogP contribution in [-0.4, -0.2) is 49.0 Å². The van der Waals surface area contributed by atoms with Crippen LogP contribution in [0.4, 0.5) is 0 Å². The van der Waals surface area contributed by atoms with Gasteiger partial charge in [-0.25, -0.2) is 0 Å². The van der Waals surface area contributed by atoms with E-state index >= 15 is 0 Å².